The molecule has 4 aromatic rings. The fourth-order valence-corrected chi connectivity index (χ4v) is 6.54. The van der Waals surface area contributed by atoms with Crippen LogP contribution in [-0.4, -0.2) is 44.3 Å². The van der Waals surface area contributed by atoms with E-state index in [1.54, 1.807) is 30.3 Å². The molecule has 0 radical (unpaired) electrons. The molecule has 0 saturated heterocycles. The zero-order chi connectivity index (χ0) is 31.7. The summed E-state index contributed by atoms with van der Waals surface area (Å²) in [4.78, 5) is 29.9. The minimum atomic E-state index is -4.13. The van der Waals surface area contributed by atoms with Gasteiger partial charge in [-0.15, -0.1) is 0 Å². The number of hydrogen-bond acceptors (Lipinski definition) is 4. The van der Waals surface area contributed by atoms with E-state index in [-0.39, 0.29) is 23.8 Å². The van der Waals surface area contributed by atoms with Crippen molar-refractivity contribution in [3.05, 3.63) is 131 Å². The number of rotatable bonds is 13. The van der Waals surface area contributed by atoms with Gasteiger partial charge in [-0.25, -0.2) is 8.42 Å². The van der Waals surface area contributed by atoms with Gasteiger partial charge in [-0.1, -0.05) is 97.4 Å². The average Bonchev–Trinajstić information content (AvgIpc) is 3.03. The van der Waals surface area contributed by atoms with Crippen molar-refractivity contribution in [1.82, 2.24) is 10.2 Å². The van der Waals surface area contributed by atoms with E-state index in [0.29, 0.717) is 12.2 Å². The summed E-state index contributed by atoms with van der Waals surface area (Å²) >= 11 is 0. The molecule has 0 bridgehead atoms. The van der Waals surface area contributed by atoms with Crippen LogP contribution in [0.4, 0.5) is 5.69 Å². The van der Waals surface area contributed by atoms with Crippen molar-refractivity contribution in [2.45, 2.75) is 58.0 Å². The number of anilines is 1. The van der Waals surface area contributed by atoms with E-state index in [9.17, 15) is 18.0 Å². The maximum absolute atomic E-state index is 14.5. The summed E-state index contributed by atoms with van der Waals surface area (Å²) in [6.07, 6.45) is 1.02. The number of hydrogen-bond donors (Lipinski definition) is 1. The Bertz CT molecular complexity index is 1660. The van der Waals surface area contributed by atoms with Crippen LogP contribution >= 0.6 is 0 Å². The Hall–Kier alpha value is -4.43. The summed E-state index contributed by atoms with van der Waals surface area (Å²) in [6, 6.07) is 30.0. The minimum Gasteiger partial charge on any atom is -0.354 e. The second kappa shape index (κ2) is 14.8. The first-order chi connectivity index (χ1) is 21.1. The maximum atomic E-state index is 14.5. The van der Waals surface area contributed by atoms with E-state index >= 15 is 0 Å². The molecular formula is C36H41N3O4S. The monoisotopic (exact) mass is 611 g/mol. The van der Waals surface area contributed by atoms with Crippen molar-refractivity contribution in [1.29, 1.82) is 0 Å². The van der Waals surface area contributed by atoms with Crippen LogP contribution < -0.4 is 9.62 Å². The van der Waals surface area contributed by atoms with E-state index < -0.39 is 28.5 Å². The average molecular weight is 612 g/mol. The fourth-order valence-electron chi connectivity index (χ4n) is 5.05. The Kier molecular flexibility index (Phi) is 11.0. The first-order valence-electron chi connectivity index (χ1n) is 14.9. The lowest BCUT2D eigenvalue weighted by Crippen LogP contribution is -2.53. The molecule has 7 nitrogen and oxygen atoms in total. The number of benzene rings is 4. The van der Waals surface area contributed by atoms with Gasteiger partial charge in [0, 0.05) is 19.5 Å². The minimum absolute atomic E-state index is 0.0836. The third-order valence-corrected chi connectivity index (χ3v) is 9.52. The second-order valence-electron chi connectivity index (χ2n) is 11.0. The normalized spacial score (nSPS) is 11.9. The number of carbonyl (C=O) groups excluding carboxylic acids is 2. The Morgan fingerprint density at radius 1 is 0.773 bits per heavy atom. The smallest absolute Gasteiger partial charge is 0.264 e. The molecule has 0 aliphatic rings. The van der Waals surface area contributed by atoms with Gasteiger partial charge in [0.1, 0.15) is 12.6 Å². The largest absolute Gasteiger partial charge is 0.354 e. The van der Waals surface area contributed by atoms with Gasteiger partial charge in [-0.3, -0.25) is 13.9 Å². The van der Waals surface area contributed by atoms with Crippen LogP contribution in [0.2, 0.25) is 0 Å². The molecule has 1 N–H and O–H groups in total. The highest BCUT2D eigenvalue weighted by atomic mass is 32.2. The van der Waals surface area contributed by atoms with Crippen LogP contribution in [0.15, 0.2) is 108 Å². The summed E-state index contributed by atoms with van der Waals surface area (Å²) in [5.41, 5.74) is 4.89. The summed E-state index contributed by atoms with van der Waals surface area (Å²) in [5, 5.41) is 2.98. The molecule has 2 amide bonds. The first-order valence-corrected chi connectivity index (χ1v) is 16.4. The van der Waals surface area contributed by atoms with Gasteiger partial charge in [0.15, 0.2) is 0 Å². The molecule has 0 aliphatic heterocycles. The van der Waals surface area contributed by atoms with E-state index in [1.165, 1.54) is 21.3 Å². The number of amides is 2. The molecule has 8 heteroatoms. The van der Waals surface area contributed by atoms with Gasteiger partial charge in [-0.05, 0) is 67.6 Å². The third-order valence-electron chi connectivity index (χ3n) is 7.75. The molecule has 0 saturated carbocycles. The van der Waals surface area contributed by atoms with Crippen LogP contribution in [0.25, 0.3) is 0 Å². The van der Waals surface area contributed by atoms with Crippen molar-refractivity contribution < 1.29 is 18.0 Å². The summed E-state index contributed by atoms with van der Waals surface area (Å²) in [6.45, 7) is 7.85. The van der Waals surface area contributed by atoms with E-state index in [2.05, 4.69) is 5.32 Å². The Balaban J connectivity index is 1.81. The molecule has 4 rings (SSSR count). The van der Waals surface area contributed by atoms with Gasteiger partial charge in [0.05, 0.1) is 10.6 Å². The molecule has 44 heavy (non-hydrogen) atoms. The second-order valence-corrected chi connectivity index (χ2v) is 12.9. The highest BCUT2D eigenvalue weighted by molar-refractivity contribution is 7.92. The van der Waals surface area contributed by atoms with Gasteiger partial charge in [0.2, 0.25) is 11.8 Å². The summed E-state index contributed by atoms with van der Waals surface area (Å²) in [5.74, 6) is -0.751. The van der Waals surface area contributed by atoms with Crippen LogP contribution in [0.3, 0.4) is 0 Å². The molecule has 230 valence electrons. The van der Waals surface area contributed by atoms with Crippen LogP contribution in [0.1, 0.15) is 41.2 Å². The standard InChI is InChI=1S/C36H41N3O4S/c1-5-23-37-36(41)34(24-30-14-8-6-9-15-30)38(25-31-21-19-27(2)20-22-31)35(40)26-39(33-18-12-13-28(3)29(33)4)44(42,43)32-16-10-7-11-17-32/h6-22,34H,5,23-26H2,1-4H3,(H,37,41)/t34-/m1/s1. The van der Waals surface area contributed by atoms with Crippen molar-refractivity contribution in [2.75, 3.05) is 17.4 Å². The van der Waals surface area contributed by atoms with Crippen molar-refractivity contribution in [3.8, 4) is 0 Å². The molecule has 0 aliphatic carbocycles. The van der Waals surface area contributed by atoms with Gasteiger partial charge in [-0.2, -0.15) is 0 Å². The van der Waals surface area contributed by atoms with Gasteiger partial charge >= 0.3 is 0 Å². The molecule has 0 spiro atoms. The Morgan fingerprint density at radius 3 is 2.05 bits per heavy atom. The predicted molar refractivity (Wildman–Crippen MR) is 176 cm³/mol. The zero-order valence-electron chi connectivity index (χ0n) is 25.9. The van der Waals surface area contributed by atoms with E-state index in [1.807, 2.05) is 88.4 Å². The number of aryl methyl sites for hydroxylation is 2. The predicted octanol–water partition coefficient (Wildman–Crippen LogP) is 5.97. The van der Waals surface area contributed by atoms with Crippen molar-refractivity contribution >= 4 is 27.5 Å². The first kappa shape index (κ1) is 32.5. The molecule has 1 atom stereocenters. The fraction of sp³-hybridized carbons (Fsp3) is 0.278. The molecule has 4 aromatic carbocycles. The third kappa shape index (κ3) is 7.94. The van der Waals surface area contributed by atoms with E-state index in [4.69, 9.17) is 0 Å². The topological polar surface area (TPSA) is 86.8 Å². The van der Waals surface area contributed by atoms with E-state index in [0.717, 1.165) is 34.2 Å². The van der Waals surface area contributed by atoms with Crippen LogP contribution in [0, 0.1) is 20.8 Å². The summed E-state index contributed by atoms with van der Waals surface area (Å²) < 4.78 is 29.5. The Morgan fingerprint density at radius 2 is 1.41 bits per heavy atom. The van der Waals surface area contributed by atoms with Crippen LogP contribution in [0.5, 0.6) is 0 Å². The SMILES string of the molecule is CCCNC(=O)[C@@H](Cc1ccccc1)N(Cc1ccc(C)cc1)C(=O)CN(c1cccc(C)c1C)S(=O)(=O)c1ccccc1. The molecule has 0 fully saturated rings. The van der Waals surface area contributed by atoms with Crippen LogP contribution in [-0.2, 0) is 32.6 Å². The highest BCUT2D eigenvalue weighted by Crippen LogP contribution is 2.29. The maximum Gasteiger partial charge on any atom is 0.264 e. The lowest BCUT2D eigenvalue weighted by atomic mass is 10.0. The zero-order valence-corrected chi connectivity index (χ0v) is 26.7. The molecule has 0 unspecified atom stereocenters. The highest BCUT2D eigenvalue weighted by Gasteiger charge is 2.35. The molecule has 0 heterocycles. The van der Waals surface area contributed by atoms with Crippen molar-refractivity contribution in [3.63, 3.8) is 0 Å². The van der Waals surface area contributed by atoms with Gasteiger partial charge in [0.25, 0.3) is 10.0 Å². The quantitative estimate of drug-likeness (QED) is 0.202. The van der Waals surface area contributed by atoms with Gasteiger partial charge < -0.3 is 10.2 Å². The van der Waals surface area contributed by atoms with Crippen molar-refractivity contribution in [2.24, 2.45) is 0 Å². The lowest BCUT2D eigenvalue weighted by Gasteiger charge is -2.34. The number of nitrogens with one attached hydrogen (secondary N) is 1. The Labute approximate surface area is 261 Å². The summed E-state index contributed by atoms with van der Waals surface area (Å²) in [7, 11) is -4.13. The molecular weight excluding hydrogens is 570 g/mol. The number of carbonyl (C=O) groups is 2. The number of sulfonamides is 1. The number of nitrogens with zero attached hydrogens (tertiary/aromatic N) is 2. The molecule has 0 aromatic heterocycles. The lowest BCUT2D eigenvalue weighted by molar-refractivity contribution is -0.140.